The van der Waals surface area contributed by atoms with E-state index in [1.807, 2.05) is 0 Å². The molecule has 174 valence electrons. The van der Waals surface area contributed by atoms with Crippen LogP contribution in [0.2, 0.25) is 0 Å². The molecule has 0 atom stereocenters. The van der Waals surface area contributed by atoms with Gasteiger partial charge in [-0.2, -0.15) is 0 Å². The van der Waals surface area contributed by atoms with E-state index in [4.69, 9.17) is 18.6 Å². The van der Waals surface area contributed by atoms with Gasteiger partial charge in [-0.25, -0.2) is 14.8 Å². The zero-order valence-electron chi connectivity index (χ0n) is 18.7. The molecule has 1 saturated carbocycles. The molecule has 0 saturated heterocycles. The Balaban J connectivity index is 1.33. The van der Waals surface area contributed by atoms with E-state index in [1.165, 1.54) is 12.8 Å². The third kappa shape index (κ3) is 4.85. The summed E-state index contributed by atoms with van der Waals surface area (Å²) in [6, 6.07) is 12.2. The van der Waals surface area contributed by atoms with Crippen molar-refractivity contribution in [1.29, 1.82) is 0 Å². The van der Waals surface area contributed by atoms with Crippen LogP contribution in [0.5, 0.6) is 0 Å². The van der Waals surface area contributed by atoms with E-state index in [-0.39, 0.29) is 18.6 Å². The number of esters is 1. The minimum absolute atomic E-state index is 0.160. The highest BCUT2D eigenvalue weighted by Crippen LogP contribution is 2.31. The lowest BCUT2D eigenvalue weighted by atomic mass is 10.1. The number of hydrogen-bond acceptors (Lipinski definition) is 7. The first-order chi connectivity index (χ1) is 16.7. The Labute approximate surface area is 196 Å². The number of ether oxygens (including phenoxy) is 1. The average molecular weight is 460 g/mol. The van der Waals surface area contributed by atoms with Crippen molar-refractivity contribution in [1.82, 2.24) is 15.3 Å². The Morgan fingerprint density at radius 2 is 1.53 bits per heavy atom. The number of fused-ring (bicyclic) bond motifs is 1. The molecule has 5 rings (SSSR count). The summed E-state index contributed by atoms with van der Waals surface area (Å²) in [7, 11) is 0. The maximum Gasteiger partial charge on any atom is 0.338 e. The molecule has 0 aliphatic heterocycles. The average Bonchev–Trinajstić information content (AvgIpc) is 3.53. The van der Waals surface area contributed by atoms with Crippen LogP contribution in [0.25, 0.3) is 33.9 Å². The van der Waals surface area contributed by atoms with Crippen LogP contribution in [-0.4, -0.2) is 34.5 Å². The molecule has 34 heavy (non-hydrogen) atoms. The molecule has 1 N–H and O–H groups in total. The molecule has 4 aromatic rings. The van der Waals surface area contributed by atoms with Crippen molar-refractivity contribution in [3.05, 3.63) is 60.6 Å². The second-order valence-corrected chi connectivity index (χ2v) is 8.41. The molecule has 1 aromatic carbocycles. The highest BCUT2D eigenvalue weighted by molar-refractivity contribution is 5.95. The summed E-state index contributed by atoms with van der Waals surface area (Å²) >= 11 is 0. The Bertz CT molecular complexity index is 1270. The smallest absolute Gasteiger partial charge is 0.338 e. The fourth-order valence-corrected chi connectivity index (χ4v) is 4.26. The predicted octanol–water partition coefficient (Wildman–Crippen LogP) is 5.15. The molecule has 1 aliphatic carbocycles. The SMILES string of the molecule is O=C(COC(=O)c1ccc2nc(-c3ccco3)c(-c3ccco3)nc2c1)NC1CCCCCC1. The maximum absolute atomic E-state index is 12.6. The Morgan fingerprint density at radius 3 is 2.15 bits per heavy atom. The van der Waals surface area contributed by atoms with Gasteiger partial charge in [0.05, 0.1) is 29.1 Å². The van der Waals surface area contributed by atoms with Gasteiger partial charge in [-0.1, -0.05) is 25.7 Å². The largest absolute Gasteiger partial charge is 0.463 e. The van der Waals surface area contributed by atoms with Crippen molar-refractivity contribution in [2.45, 2.75) is 44.6 Å². The number of carbonyl (C=O) groups excluding carboxylic acids is 2. The lowest BCUT2D eigenvalue weighted by molar-refractivity contribution is -0.125. The van der Waals surface area contributed by atoms with Crippen LogP contribution in [0.1, 0.15) is 48.9 Å². The molecule has 0 spiro atoms. The van der Waals surface area contributed by atoms with Gasteiger partial charge in [0.25, 0.3) is 5.91 Å². The second kappa shape index (κ2) is 9.91. The molecular weight excluding hydrogens is 434 g/mol. The molecule has 8 nitrogen and oxygen atoms in total. The van der Waals surface area contributed by atoms with Gasteiger partial charge in [-0.3, -0.25) is 4.79 Å². The number of aromatic nitrogens is 2. The number of nitrogens with one attached hydrogen (secondary N) is 1. The zero-order valence-corrected chi connectivity index (χ0v) is 18.7. The molecule has 0 bridgehead atoms. The molecule has 1 aliphatic rings. The van der Waals surface area contributed by atoms with E-state index in [2.05, 4.69) is 10.3 Å². The van der Waals surface area contributed by atoms with E-state index in [0.29, 0.717) is 39.5 Å². The minimum atomic E-state index is -0.589. The van der Waals surface area contributed by atoms with Crippen LogP contribution in [-0.2, 0) is 9.53 Å². The normalized spacial score (nSPS) is 14.6. The van der Waals surface area contributed by atoms with Crippen LogP contribution >= 0.6 is 0 Å². The third-order valence-electron chi connectivity index (χ3n) is 5.96. The van der Waals surface area contributed by atoms with Gasteiger partial charge in [0.15, 0.2) is 18.1 Å². The van der Waals surface area contributed by atoms with Crippen LogP contribution in [0, 0.1) is 0 Å². The molecule has 1 fully saturated rings. The van der Waals surface area contributed by atoms with E-state index in [1.54, 1.807) is 55.0 Å². The van der Waals surface area contributed by atoms with E-state index in [0.717, 1.165) is 25.7 Å². The summed E-state index contributed by atoms with van der Waals surface area (Å²) in [6.07, 6.45) is 9.71. The second-order valence-electron chi connectivity index (χ2n) is 8.41. The summed E-state index contributed by atoms with van der Waals surface area (Å²) in [5, 5.41) is 2.98. The number of rotatable bonds is 6. The maximum atomic E-state index is 12.6. The van der Waals surface area contributed by atoms with Crippen molar-refractivity contribution in [2.75, 3.05) is 6.61 Å². The monoisotopic (exact) mass is 459 g/mol. The molecule has 1 amide bonds. The van der Waals surface area contributed by atoms with Crippen molar-refractivity contribution >= 4 is 22.9 Å². The predicted molar refractivity (Wildman–Crippen MR) is 125 cm³/mol. The van der Waals surface area contributed by atoms with Crippen molar-refractivity contribution in [3.8, 4) is 22.9 Å². The number of carbonyl (C=O) groups is 2. The standard InChI is InChI=1S/C26H25N3O5/c30-23(27-18-7-3-1-2-4-8-18)16-34-26(31)17-11-12-19-20(15-17)29-25(22-10-6-14-33-22)24(28-19)21-9-5-13-32-21/h5-6,9-15,18H,1-4,7-8,16H2,(H,27,30). The van der Waals surface area contributed by atoms with Crippen LogP contribution < -0.4 is 5.32 Å². The Hall–Kier alpha value is -3.94. The quantitative estimate of drug-likeness (QED) is 0.314. The van der Waals surface area contributed by atoms with E-state index in [9.17, 15) is 9.59 Å². The van der Waals surface area contributed by atoms with Crippen LogP contribution in [0.4, 0.5) is 0 Å². The van der Waals surface area contributed by atoms with Crippen LogP contribution in [0.3, 0.4) is 0 Å². The van der Waals surface area contributed by atoms with Gasteiger partial charge in [-0.05, 0) is 55.3 Å². The zero-order chi connectivity index (χ0) is 23.3. The van der Waals surface area contributed by atoms with Gasteiger partial charge in [-0.15, -0.1) is 0 Å². The van der Waals surface area contributed by atoms with Gasteiger partial charge in [0, 0.05) is 6.04 Å². The van der Waals surface area contributed by atoms with Gasteiger partial charge < -0.3 is 18.9 Å². The molecule has 3 aromatic heterocycles. The van der Waals surface area contributed by atoms with Crippen molar-refractivity contribution in [3.63, 3.8) is 0 Å². The highest BCUT2D eigenvalue weighted by atomic mass is 16.5. The van der Waals surface area contributed by atoms with E-state index < -0.39 is 5.97 Å². The first kappa shape index (κ1) is 21.9. The van der Waals surface area contributed by atoms with E-state index >= 15 is 0 Å². The lowest BCUT2D eigenvalue weighted by Crippen LogP contribution is -2.37. The highest BCUT2D eigenvalue weighted by Gasteiger charge is 2.19. The molecule has 8 heteroatoms. The Kier molecular flexibility index (Phi) is 6.38. The summed E-state index contributed by atoms with van der Waals surface area (Å²) in [5.74, 6) is 0.228. The number of amides is 1. The molecule has 0 radical (unpaired) electrons. The first-order valence-corrected chi connectivity index (χ1v) is 11.5. The summed E-state index contributed by atoms with van der Waals surface area (Å²) in [5.41, 5.74) is 2.42. The van der Waals surface area contributed by atoms with Crippen molar-refractivity contribution < 1.29 is 23.2 Å². The van der Waals surface area contributed by atoms with Crippen molar-refractivity contribution in [2.24, 2.45) is 0 Å². The fourth-order valence-electron chi connectivity index (χ4n) is 4.26. The first-order valence-electron chi connectivity index (χ1n) is 11.5. The minimum Gasteiger partial charge on any atom is -0.463 e. The number of furan rings is 2. The van der Waals surface area contributed by atoms with Gasteiger partial charge in [0.2, 0.25) is 0 Å². The topological polar surface area (TPSA) is 107 Å². The summed E-state index contributed by atoms with van der Waals surface area (Å²) < 4.78 is 16.3. The van der Waals surface area contributed by atoms with Gasteiger partial charge in [0.1, 0.15) is 11.4 Å². The van der Waals surface area contributed by atoms with Crippen LogP contribution in [0.15, 0.2) is 63.8 Å². The number of hydrogen-bond donors (Lipinski definition) is 1. The summed E-state index contributed by atoms with van der Waals surface area (Å²) in [6.45, 7) is -0.311. The molecule has 0 unspecified atom stereocenters. The summed E-state index contributed by atoms with van der Waals surface area (Å²) in [4.78, 5) is 34.3. The number of nitrogens with zero attached hydrogens (tertiary/aromatic N) is 2. The molecular formula is C26H25N3O5. The fraction of sp³-hybridized carbons (Fsp3) is 0.308. The third-order valence-corrected chi connectivity index (χ3v) is 5.96. The molecule has 3 heterocycles. The number of benzene rings is 1. The Morgan fingerprint density at radius 1 is 0.882 bits per heavy atom. The van der Waals surface area contributed by atoms with Gasteiger partial charge >= 0.3 is 5.97 Å². The lowest BCUT2D eigenvalue weighted by Gasteiger charge is -2.16.